The van der Waals surface area contributed by atoms with Crippen LogP contribution in [0.2, 0.25) is 0 Å². The third kappa shape index (κ3) is 10.0. The number of carbonyl (C=O) groups excluding carboxylic acids is 2. The van der Waals surface area contributed by atoms with Gasteiger partial charge in [-0.1, -0.05) is 62.4 Å². The fraction of sp³-hybridized carbons (Fsp3) is 0.600. The van der Waals surface area contributed by atoms with Crippen LogP contribution in [0.5, 0.6) is 0 Å². The lowest BCUT2D eigenvalue weighted by molar-refractivity contribution is -0.143. The van der Waals surface area contributed by atoms with Crippen LogP contribution in [0, 0.1) is 6.92 Å². The first kappa shape index (κ1) is 20.2. The van der Waals surface area contributed by atoms with E-state index in [1.807, 2.05) is 31.2 Å². The predicted molar refractivity (Wildman–Crippen MR) is 96.6 cm³/mol. The first-order valence-corrected chi connectivity index (χ1v) is 9.09. The molecule has 0 aliphatic carbocycles. The van der Waals surface area contributed by atoms with Crippen LogP contribution in [0.3, 0.4) is 0 Å². The van der Waals surface area contributed by atoms with E-state index in [9.17, 15) is 9.59 Å². The van der Waals surface area contributed by atoms with Crippen molar-refractivity contribution in [3.8, 4) is 0 Å². The lowest BCUT2D eigenvalue weighted by Crippen LogP contribution is -2.22. The quantitative estimate of drug-likeness (QED) is 0.458. The van der Waals surface area contributed by atoms with E-state index >= 15 is 0 Å². The Bertz CT molecular complexity index is 482. The van der Waals surface area contributed by atoms with Gasteiger partial charge in [0, 0.05) is 19.4 Å². The average Bonchev–Trinajstić information content (AvgIpc) is 2.57. The van der Waals surface area contributed by atoms with E-state index in [2.05, 4.69) is 12.2 Å². The number of rotatable bonds is 12. The van der Waals surface area contributed by atoms with Crippen molar-refractivity contribution in [1.82, 2.24) is 5.32 Å². The number of amides is 1. The maximum absolute atomic E-state index is 11.8. The van der Waals surface area contributed by atoms with Gasteiger partial charge in [0.05, 0.1) is 6.61 Å². The molecule has 1 N–H and O–H groups in total. The minimum Gasteiger partial charge on any atom is -0.466 e. The van der Waals surface area contributed by atoms with Crippen molar-refractivity contribution in [1.29, 1.82) is 0 Å². The standard InChI is InChI=1S/C20H31NO3/c1-3-4-5-6-7-15-24-20(23)10-8-9-19(22)21-16-18-13-11-17(2)12-14-18/h11-14H,3-10,15-16H2,1-2H3,(H,21,22). The summed E-state index contributed by atoms with van der Waals surface area (Å²) in [5.74, 6) is -0.222. The van der Waals surface area contributed by atoms with E-state index in [0.717, 1.165) is 18.4 Å². The molecular weight excluding hydrogens is 302 g/mol. The van der Waals surface area contributed by atoms with Crippen LogP contribution in [0.25, 0.3) is 0 Å². The number of aryl methyl sites for hydroxylation is 1. The predicted octanol–water partition coefficient (Wildman–Crippen LogP) is 4.30. The van der Waals surface area contributed by atoms with E-state index in [0.29, 0.717) is 32.4 Å². The summed E-state index contributed by atoms with van der Waals surface area (Å²) >= 11 is 0. The number of hydrogen-bond donors (Lipinski definition) is 1. The van der Waals surface area contributed by atoms with Crippen molar-refractivity contribution in [2.45, 2.75) is 71.8 Å². The molecule has 0 unspecified atom stereocenters. The zero-order valence-electron chi connectivity index (χ0n) is 15.1. The molecule has 0 atom stereocenters. The highest BCUT2D eigenvalue weighted by Gasteiger charge is 2.06. The number of unbranched alkanes of at least 4 members (excludes halogenated alkanes) is 4. The summed E-state index contributed by atoms with van der Waals surface area (Å²) in [7, 11) is 0. The highest BCUT2D eigenvalue weighted by atomic mass is 16.5. The zero-order valence-corrected chi connectivity index (χ0v) is 15.1. The fourth-order valence-electron chi connectivity index (χ4n) is 2.35. The van der Waals surface area contributed by atoms with Gasteiger partial charge < -0.3 is 10.1 Å². The smallest absolute Gasteiger partial charge is 0.305 e. The van der Waals surface area contributed by atoms with Gasteiger partial charge in [0.15, 0.2) is 0 Å². The van der Waals surface area contributed by atoms with Crippen molar-refractivity contribution in [3.05, 3.63) is 35.4 Å². The fourth-order valence-corrected chi connectivity index (χ4v) is 2.35. The van der Waals surface area contributed by atoms with E-state index in [-0.39, 0.29) is 11.9 Å². The van der Waals surface area contributed by atoms with Crippen LogP contribution in [0.15, 0.2) is 24.3 Å². The van der Waals surface area contributed by atoms with Gasteiger partial charge in [0.2, 0.25) is 5.91 Å². The van der Waals surface area contributed by atoms with Crippen LogP contribution in [0.1, 0.15) is 69.4 Å². The minimum atomic E-state index is -0.197. The SMILES string of the molecule is CCCCCCCOC(=O)CCCC(=O)NCc1ccc(C)cc1. The molecule has 0 aliphatic heterocycles. The molecule has 24 heavy (non-hydrogen) atoms. The molecule has 0 radical (unpaired) electrons. The number of benzene rings is 1. The molecule has 4 heteroatoms. The lowest BCUT2D eigenvalue weighted by Gasteiger charge is -2.06. The summed E-state index contributed by atoms with van der Waals surface area (Å²) in [6.07, 6.45) is 6.91. The molecule has 0 saturated carbocycles. The molecule has 1 aromatic rings. The Labute approximate surface area is 146 Å². The van der Waals surface area contributed by atoms with E-state index < -0.39 is 0 Å². The molecule has 4 nitrogen and oxygen atoms in total. The molecule has 1 aromatic carbocycles. The van der Waals surface area contributed by atoms with Crippen molar-refractivity contribution >= 4 is 11.9 Å². The normalized spacial score (nSPS) is 10.4. The summed E-state index contributed by atoms with van der Waals surface area (Å²) in [4.78, 5) is 23.3. The molecule has 0 heterocycles. The molecular formula is C20H31NO3. The summed E-state index contributed by atoms with van der Waals surface area (Å²) in [6.45, 7) is 5.24. The number of esters is 1. The second kappa shape index (κ2) is 12.6. The maximum Gasteiger partial charge on any atom is 0.305 e. The largest absolute Gasteiger partial charge is 0.466 e. The van der Waals surface area contributed by atoms with Crippen molar-refractivity contribution in [2.24, 2.45) is 0 Å². The first-order valence-electron chi connectivity index (χ1n) is 9.09. The Morgan fingerprint density at radius 3 is 2.38 bits per heavy atom. The number of nitrogens with one attached hydrogen (secondary N) is 1. The monoisotopic (exact) mass is 333 g/mol. The van der Waals surface area contributed by atoms with Crippen molar-refractivity contribution < 1.29 is 14.3 Å². The van der Waals surface area contributed by atoms with Crippen LogP contribution >= 0.6 is 0 Å². The van der Waals surface area contributed by atoms with Crippen LogP contribution in [-0.4, -0.2) is 18.5 Å². The zero-order chi connectivity index (χ0) is 17.6. The van der Waals surface area contributed by atoms with Gasteiger partial charge in [-0.3, -0.25) is 9.59 Å². The Morgan fingerprint density at radius 2 is 1.67 bits per heavy atom. The maximum atomic E-state index is 11.8. The second-order valence-corrected chi connectivity index (χ2v) is 6.25. The molecule has 1 amide bonds. The van der Waals surface area contributed by atoms with Gasteiger partial charge in [-0.2, -0.15) is 0 Å². The van der Waals surface area contributed by atoms with E-state index in [4.69, 9.17) is 4.74 Å². The summed E-state index contributed by atoms with van der Waals surface area (Å²) in [5, 5.41) is 2.87. The first-order chi connectivity index (χ1) is 11.6. The topological polar surface area (TPSA) is 55.4 Å². The third-order valence-electron chi connectivity index (χ3n) is 3.91. The highest BCUT2D eigenvalue weighted by Crippen LogP contribution is 2.05. The Balaban J connectivity index is 2.01. The molecule has 0 bridgehead atoms. The average molecular weight is 333 g/mol. The number of carbonyl (C=O) groups is 2. The molecule has 0 fully saturated rings. The Kier molecular flexibility index (Phi) is 10.6. The van der Waals surface area contributed by atoms with E-state index in [1.165, 1.54) is 24.8 Å². The lowest BCUT2D eigenvalue weighted by atomic mass is 10.1. The molecule has 0 spiro atoms. The summed E-state index contributed by atoms with van der Waals surface area (Å²) in [6, 6.07) is 8.07. The molecule has 134 valence electrons. The van der Waals surface area contributed by atoms with Gasteiger partial charge in [0.25, 0.3) is 0 Å². The van der Waals surface area contributed by atoms with Gasteiger partial charge in [-0.15, -0.1) is 0 Å². The molecule has 0 saturated heterocycles. The molecule has 0 aromatic heterocycles. The molecule has 0 aliphatic rings. The Hall–Kier alpha value is -1.84. The van der Waals surface area contributed by atoms with Crippen molar-refractivity contribution in [3.63, 3.8) is 0 Å². The van der Waals surface area contributed by atoms with Gasteiger partial charge in [-0.05, 0) is 25.3 Å². The molecule has 1 rings (SSSR count). The number of ether oxygens (including phenoxy) is 1. The van der Waals surface area contributed by atoms with Crippen LogP contribution in [-0.2, 0) is 20.9 Å². The van der Waals surface area contributed by atoms with Gasteiger partial charge in [-0.25, -0.2) is 0 Å². The van der Waals surface area contributed by atoms with Gasteiger partial charge in [0.1, 0.15) is 0 Å². The van der Waals surface area contributed by atoms with Crippen molar-refractivity contribution in [2.75, 3.05) is 6.61 Å². The second-order valence-electron chi connectivity index (χ2n) is 6.25. The highest BCUT2D eigenvalue weighted by molar-refractivity contribution is 5.77. The van der Waals surface area contributed by atoms with Gasteiger partial charge >= 0.3 is 5.97 Å². The van der Waals surface area contributed by atoms with Crippen LogP contribution in [0.4, 0.5) is 0 Å². The summed E-state index contributed by atoms with van der Waals surface area (Å²) in [5.41, 5.74) is 2.28. The third-order valence-corrected chi connectivity index (χ3v) is 3.91. The number of hydrogen-bond acceptors (Lipinski definition) is 3. The van der Waals surface area contributed by atoms with E-state index in [1.54, 1.807) is 0 Å². The minimum absolute atomic E-state index is 0.0251. The summed E-state index contributed by atoms with van der Waals surface area (Å²) < 4.78 is 5.17. The Morgan fingerprint density at radius 1 is 0.958 bits per heavy atom. The van der Waals surface area contributed by atoms with Crippen LogP contribution < -0.4 is 5.32 Å².